The Kier molecular flexibility index (Phi) is 5.08. The average molecular weight is 348 g/mol. The molecule has 1 fully saturated rings. The van der Waals surface area contributed by atoms with Crippen molar-refractivity contribution in [1.29, 1.82) is 0 Å². The zero-order chi connectivity index (χ0) is 18.0. The van der Waals surface area contributed by atoms with Crippen LogP contribution in [-0.2, 0) is 10.2 Å². The van der Waals surface area contributed by atoms with E-state index in [0.717, 1.165) is 36.4 Å². The van der Waals surface area contributed by atoms with Gasteiger partial charge in [0, 0.05) is 31.7 Å². The molecule has 0 aromatic heterocycles. The summed E-state index contributed by atoms with van der Waals surface area (Å²) in [5, 5.41) is 3.10. The standard InChI is InChI=1S/C19H28N2O4/c1-13-9-15(23-4)7-8-21(13)18(22)20-11-19(2,3)14-5-6-16-17(10-14)25-12-24-16/h5-6,10,13,15H,7-9,11-12H2,1-4H3,(H,20,22)/t13-,15-/m0/s1. The molecule has 6 nitrogen and oxygen atoms in total. The van der Waals surface area contributed by atoms with Crippen molar-refractivity contribution in [3.05, 3.63) is 23.8 Å². The Morgan fingerprint density at radius 2 is 2.12 bits per heavy atom. The van der Waals surface area contributed by atoms with Crippen LogP contribution in [0.25, 0.3) is 0 Å². The average Bonchev–Trinajstić information content (AvgIpc) is 3.07. The number of urea groups is 1. The smallest absolute Gasteiger partial charge is 0.317 e. The van der Waals surface area contributed by atoms with Crippen molar-refractivity contribution in [2.24, 2.45) is 0 Å². The quantitative estimate of drug-likeness (QED) is 0.909. The third kappa shape index (κ3) is 3.84. The molecule has 1 N–H and O–H groups in total. The molecule has 2 atom stereocenters. The first-order valence-electron chi connectivity index (χ1n) is 8.88. The summed E-state index contributed by atoms with van der Waals surface area (Å²) in [4.78, 5) is 14.5. The molecular formula is C19H28N2O4. The summed E-state index contributed by atoms with van der Waals surface area (Å²) < 4.78 is 16.2. The maximum Gasteiger partial charge on any atom is 0.317 e. The molecule has 0 aliphatic carbocycles. The number of piperidine rings is 1. The number of nitrogens with zero attached hydrogens (tertiary/aromatic N) is 1. The topological polar surface area (TPSA) is 60.0 Å². The van der Waals surface area contributed by atoms with Crippen LogP contribution in [-0.4, -0.2) is 50.1 Å². The van der Waals surface area contributed by atoms with Gasteiger partial charge in [-0.3, -0.25) is 0 Å². The van der Waals surface area contributed by atoms with Gasteiger partial charge >= 0.3 is 6.03 Å². The first-order chi connectivity index (χ1) is 11.9. The SMILES string of the molecule is CO[C@H]1CCN(C(=O)NCC(C)(C)c2ccc3c(c2)OCO3)[C@@H](C)C1. The first kappa shape index (κ1) is 17.9. The minimum absolute atomic E-state index is 0.00382. The monoisotopic (exact) mass is 348 g/mol. The van der Waals surface area contributed by atoms with Gasteiger partial charge in [0.1, 0.15) is 0 Å². The highest BCUT2D eigenvalue weighted by molar-refractivity contribution is 5.74. The summed E-state index contributed by atoms with van der Waals surface area (Å²) in [5.74, 6) is 1.55. The Balaban J connectivity index is 1.59. The molecule has 2 heterocycles. The molecule has 0 spiro atoms. The number of nitrogens with one attached hydrogen (secondary N) is 1. The first-order valence-corrected chi connectivity index (χ1v) is 8.88. The van der Waals surface area contributed by atoms with Crippen molar-refractivity contribution in [1.82, 2.24) is 10.2 Å². The van der Waals surface area contributed by atoms with E-state index >= 15 is 0 Å². The summed E-state index contributed by atoms with van der Waals surface area (Å²) >= 11 is 0. The predicted octanol–water partition coefficient (Wildman–Crippen LogP) is 2.90. The molecule has 2 amide bonds. The van der Waals surface area contributed by atoms with Crippen LogP contribution >= 0.6 is 0 Å². The van der Waals surface area contributed by atoms with Crippen molar-refractivity contribution in [2.75, 3.05) is 27.0 Å². The molecule has 1 aromatic rings. The van der Waals surface area contributed by atoms with Crippen molar-refractivity contribution in [2.45, 2.75) is 51.2 Å². The number of rotatable bonds is 4. The lowest BCUT2D eigenvalue weighted by molar-refractivity contribution is 0.0292. The third-order valence-corrected chi connectivity index (χ3v) is 5.26. The van der Waals surface area contributed by atoms with Gasteiger partial charge in [0.25, 0.3) is 0 Å². The highest BCUT2D eigenvalue weighted by atomic mass is 16.7. The van der Waals surface area contributed by atoms with Crippen molar-refractivity contribution < 1.29 is 19.0 Å². The molecule has 0 unspecified atom stereocenters. The molecular weight excluding hydrogens is 320 g/mol. The van der Waals surface area contributed by atoms with Crippen molar-refractivity contribution in [3.63, 3.8) is 0 Å². The molecule has 0 radical (unpaired) electrons. The fourth-order valence-corrected chi connectivity index (χ4v) is 3.46. The van der Waals surface area contributed by atoms with E-state index in [1.165, 1.54) is 0 Å². The molecule has 1 saturated heterocycles. The maximum absolute atomic E-state index is 12.6. The number of amides is 2. The number of benzene rings is 1. The minimum Gasteiger partial charge on any atom is -0.454 e. The second-order valence-corrected chi connectivity index (χ2v) is 7.54. The Labute approximate surface area is 149 Å². The van der Waals surface area contributed by atoms with Crippen LogP contribution in [0.5, 0.6) is 11.5 Å². The third-order valence-electron chi connectivity index (χ3n) is 5.26. The van der Waals surface area contributed by atoms with E-state index in [0.29, 0.717) is 6.54 Å². The highest BCUT2D eigenvalue weighted by Crippen LogP contribution is 2.36. The van der Waals surface area contributed by atoms with Crippen molar-refractivity contribution >= 4 is 6.03 Å². The van der Waals surface area contributed by atoms with E-state index in [1.807, 2.05) is 23.1 Å². The molecule has 3 rings (SSSR count). The molecule has 138 valence electrons. The maximum atomic E-state index is 12.6. The van der Waals surface area contributed by atoms with Gasteiger partial charge in [0.05, 0.1) is 6.10 Å². The zero-order valence-corrected chi connectivity index (χ0v) is 15.5. The van der Waals surface area contributed by atoms with Gasteiger partial charge in [-0.2, -0.15) is 0 Å². The molecule has 0 bridgehead atoms. The van der Waals surface area contributed by atoms with E-state index in [-0.39, 0.29) is 30.4 Å². The number of fused-ring (bicyclic) bond motifs is 1. The fraction of sp³-hybridized carbons (Fsp3) is 0.632. The van der Waals surface area contributed by atoms with Crippen LogP contribution in [0.15, 0.2) is 18.2 Å². The Hall–Kier alpha value is -1.95. The summed E-state index contributed by atoms with van der Waals surface area (Å²) in [6.07, 6.45) is 2.03. The number of likely N-dealkylation sites (tertiary alicyclic amines) is 1. The largest absolute Gasteiger partial charge is 0.454 e. The second kappa shape index (κ2) is 7.12. The normalized spacial score (nSPS) is 22.8. The van der Waals surface area contributed by atoms with E-state index in [4.69, 9.17) is 14.2 Å². The minimum atomic E-state index is -0.204. The van der Waals surface area contributed by atoms with E-state index in [9.17, 15) is 4.79 Å². The van der Waals surface area contributed by atoms with Crippen LogP contribution in [0.4, 0.5) is 4.79 Å². The number of carbonyl (C=O) groups is 1. The molecule has 2 aliphatic rings. The summed E-state index contributed by atoms with van der Waals surface area (Å²) in [7, 11) is 1.74. The van der Waals surface area contributed by atoms with Crippen LogP contribution < -0.4 is 14.8 Å². The Morgan fingerprint density at radius 1 is 1.36 bits per heavy atom. The van der Waals surface area contributed by atoms with Gasteiger partial charge in [-0.25, -0.2) is 4.79 Å². The zero-order valence-electron chi connectivity index (χ0n) is 15.5. The van der Waals surface area contributed by atoms with Crippen molar-refractivity contribution in [3.8, 4) is 11.5 Å². The molecule has 0 saturated carbocycles. The Bertz CT molecular complexity index is 632. The van der Waals surface area contributed by atoms with Crippen LogP contribution in [0.1, 0.15) is 39.2 Å². The summed E-state index contributed by atoms with van der Waals surface area (Å²) in [6, 6.07) is 6.15. The van der Waals surface area contributed by atoms with E-state index in [2.05, 4.69) is 26.1 Å². The number of carbonyl (C=O) groups excluding carboxylic acids is 1. The second-order valence-electron chi connectivity index (χ2n) is 7.54. The van der Waals surface area contributed by atoms with Gasteiger partial charge in [-0.1, -0.05) is 19.9 Å². The van der Waals surface area contributed by atoms with Gasteiger partial charge < -0.3 is 24.4 Å². The number of ether oxygens (including phenoxy) is 3. The number of hydrogen-bond acceptors (Lipinski definition) is 4. The number of hydrogen-bond donors (Lipinski definition) is 1. The van der Waals surface area contributed by atoms with Crippen LogP contribution in [0.2, 0.25) is 0 Å². The highest BCUT2D eigenvalue weighted by Gasteiger charge is 2.30. The van der Waals surface area contributed by atoms with Crippen LogP contribution in [0.3, 0.4) is 0 Å². The lowest BCUT2D eigenvalue weighted by Gasteiger charge is -2.37. The lowest BCUT2D eigenvalue weighted by atomic mass is 9.84. The van der Waals surface area contributed by atoms with E-state index < -0.39 is 0 Å². The van der Waals surface area contributed by atoms with Gasteiger partial charge in [0.2, 0.25) is 6.79 Å². The van der Waals surface area contributed by atoms with E-state index in [1.54, 1.807) is 7.11 Å². The van der Waals surface area contributed by atoms with Gasteiger partial charge in [0.15, 0.2) is 11.5 Å². The predicted molar refractivity (Wildman–Crippen MR) is 95.2 cm³/mol. The van der Waals surface area contributed by atoms with Gasteiger partial charge in [-0.05, 0) is 37.5 Å². The lowest BCUT2D eigenvalue weighted by Crippen LogP contribution is -2.52. The molecule has 25 heavy (non-hydrogen) atoms. The van der Waals surface area contributed by atoms with Gasteiger partial charge in [-0.15, -0.1) is 0 Å². The Morgan fingerprint density at radius 3 is 2.84 bits per heavy atom. The molecule has 2 aliphatic heterocycles. The number of methoxy groups -OCH3 is 1. The van der Waals surface area contributed by atoms with Crippen LogP contribution in [0, 0.1) is 0 Å². The summed E-state index contributed by atoms with van der Waals surface area (Å²) in [5.41, 5.74) is 0.910. The molecule has 1 aromatic carbocycles. The summed E-state index contributed by atoms with van der Waals surface area (Å²) in [6.45, 7) is 7.87. The fourth-order valence-electron chi connectivity index (χ4n) is 3.46. The molecule has 6 heteroatoms.